The van der Waals surface area contributed by atoms with Gasteiger partial charge in [0.2, 0.25) is 11.8 Å². The van der Waals surface area contributed by atoms with E-state index in [1.807, 2.05) is 0 Å². The third-order valence-electron chi connectivity index (χ3n) is 4.97. The minimum Gasteiger partial charge on any atom is -0.491 e. The molecule has 6 heteroatoms. The zero-order chi connectivity index (χ0) is 17.8. The smallest absolute Gasteiger partial charge is 0.233 e. The molecule has 2 amide bonds. The zero-order valence-corrected chi connectivity index (χ0v) is 14.1. The number of rotatable bonds is 6. The standard InChI is InChI=1S/C19H22N2O4/c20-10-9-13-5-7-15(8-6-13)25-12-14(22)11-21-18(23)16-3-1-2-4-17(16)19(21)24/h5-8,14,16-17,22H,1-4,9,11-12H2/t14-,16-,17+/m1/s1. The highest BCUT2D eigenvalue weighted by atomic mass is 16.5. The average Bonchev–Trinajstić information content (AvgIpc) is 2.87. The Morgan fingerprint density at radius 1 is 1.16 bits per heavy atom. The van der Waals surface area contributed by atoms with Gasteiger partial charge in [0.1, 0.15) is 18.5 Å². The second kappa shape index (κ2) is 7.66. The molecule has 0 bridgehead atoms. The second-order valence-corrected chi connectivity index (χ2v) is 6.73. The van der Waals surface area contributed by atoms with Crippen molar-refractivity contribution in [2.45, 2.75) is 38.2 Å². The van der Waals surface area contributed by atoms with Crippen LogP contribution in [0.15, 0.2) is 24.3 Å². The van der Waals surface area contributed by atoms with Crippen LogP contribution in [0.3, 0.4) is 0 Å². The number of benzene rings is 1. The summed E-state index contributed by atoms with van der Waals surface area (Å²) >= 11 is 0. The molecule has 1 aliphatic carbocycles. The number of β-amino-alcohol motifs (C(OH)–C–C–N with tert-alkyl or cyclic N) is 1. The summed E-state index contributed by atoms with van der Waals surface area (Å²) in [5, 5.41) is 18.8. The van der Waals surface area contributed by atoms with E-state index in [4.69, 9.17) is 10.00 Å². The van der Waals surface area contributed by atoms with Crippen LogP contribution in [0.5, 0.6) is 5.75 Å². The molecule has 1 heterocycles. The van der Waals surface area contributed by atoms with E-state index in [0.717, 1.165) is 31.2 Å². The van der Waals surface area contributed by atoms with Crippen molar-refractivity contribution in [3.05, 3.63) is 29.8 Å². The van der Waals surface area contributed by atoms with Crippen molar-refractivity contribution in [1.29, 1.82) is 5.26 Å². The first-order valence-electron chi connectivity index (χ1n) is 8.72. The highest BCUT2D eigenvalue weighted by Crippen LogP contribution is 2.37. The van der Waals surface area contributed by atoms with Gasteiger partial charge in [0, 0.05) is 0 Å². The summed E-state index contributed by atoms with van der Waals surface area (Å²) in [7, 11) is 0. The summed E-state index contributed by atoms with van der Waals surface area (Å²) in [5.41, 5.74) is 0.895. The minimum absolute atomic E-state index is 0.00396. The van der Waals surface area contributed by atoms with E-state index in [1.54, 1.807) is 24.3 Å². The highest BCUT2D eigenvalue weighted by Gasteiger charge is 2.48. The van der Waals surface area contributed by atoms with Crippen molar-refractivity contribution in [3.8, 4) is 11.8 Å². The molecule has 2 aliphatic rings. The van der Waals surface area contributed by atoms with Crippen molar-refractivity contribution < 1.29 is 19.4 Å². The van der Waals surface area contributed by atoms with Crippen molar-refractivity contribution in [1.82, 2.24) is 4.90 Å². The number of nitrogens with zero attached hydrogens (tertiary/aromatic N) is 2. The van der Waals surface area contributed by atoms with E-state index in [9.17, 15) is 14.7 Å². The molecule has 2 fully saturated rings. The summed E-state index contributed by atoms with van der Waals surface area (Å²) in [6, 6.07) is 9.14. The lowest BCUT2D eigenvalue weighted by atomic mass is 9.81. The normalized spacial score (nSPS) is 23.9. The Hall–Kier alpha value is -2.39. The third-order valence-corrected chi connectivity index (χ3v) is 4.97. The molecule has 1 N–H and O–H groups in total. The molecule has 132 valence electrons. The van der Waals surface area contributed by atoms with Crippen molar-refractivity contribution in [2.75, 3.05) is 13.2 Å². The van der Waals surface area contributed by atoms with Gasteiger partial charge in [0.25, 0.3) is 0 Å². The van der Waals surface area contributed by atoms with Gasteiger partial charge in [-0.25, -0.2) is 0 Å². The van der Waals surface area contributed by atoms with E-state index in [2.05, 4.69) is 6.07 Å². The number of fused-ring (bicyclic) bond motifs is 1. The van der Waals surface area contributed by atoms with E-state index < -0.39 is 6.10 Å². The molecule has 1 saturated heterocycles. The number of hydrogen-bond donors (Lipinski definition) is 1. The number of aliphatic hydroxyl groups is 1. The van der Waals surface area contributed by atoms with Crippen molar-refractivity contribution in [2.24, 2.45) is 11.8 Å². The maximum absolute atomic E-state index is 12.4. The lowest BCUT2D eigenvalue weighted by Gasteiger charge is -2.19. The van der Waals surface area contributed by atoms with Crippen LogP contribution < -0.4 is 4.74 Å². The van der Waals surface area contributed by atoms with Gasteiger partial charge >= 0.3 is 0 Å². The topological polar surface area (TPSA) is 90.6 Å². The number of ether oxygens (including phenoxy) is 1. The van der Waals surface area contributed by atoms with E-state index in [-0.39, 0.29) is 36.8 Å². The molecule has 0 radical (unpaired) electrons. The SMILES string of the molecule is N#CCc1ccc(OC[C@H](O)CN2C(=O)[C@H]3CCCC[C@H]3C2=O)cc1. The maximum atomic E-state index is 12.4. The number of aliphatic hydroxyl groups excluding tert-OH is 1. The number of carbonyl (C=O) groups excluding carboxylic acids is 2. The largest absolute Gasteiger partial charge is 0.491 e. The van der Waals surface area contributed by atoms with Crippen molar-refractivity contribution >= 4 is 11.8 Å². The number of nitriles is 1. The summed E-state index contributed by atoms with van der Waals surface area (Å²) in [4.78, 5) is 26.0. The molecule has 1 aliphatic heterocycles. The monoisotopic (exact) mass is 342 g/mol. The summed E-state index contributed by atoms with van der Waals surface area (Å²) in [6.07, 6.45) is 2.93. The van der Waals surface area contributed by atoms with Gasteiger partial charge in [-0.2, -0.15) is 5.26 Å². The Morgan fingerprint density at radius 2 is 1.76 bits per heavy atom. The van der Waals surface area contributed by atoms with Crippen LogP contribution in [0.1, 0.15) is 31.2 Å². The van der Waals surface area contributed by atoms with Crippen LogP contribution in [0, 0.1) is 23.2 Å². The summed E-state index contributed by atoms with van der Waals surface area (Å²) in [5.74, 6) is -0.0956. The molecule has 6 nitrogen and oxygen atoms in total. The fourth-order valence-corrected chi connectivity index (χ4v) is 3.66. The van der Waals surface area contributed by atoms with E-state index in [0.29, 0.717) is 12.2 Å². The van der Waals surface area contributed by atoms with Gasteiger partial charge in [-0.05, 0) is 30.5 Å². The number of imide groups is 1. The number of carbonyl (C=O) groups is 2. The van der Waals surface area contributed by atoms with Gasteiger partial charge in [0.15, 0.2) is 0 Å². The molecule has 0 spiro atoms. The quantitative estimate of drug-likeness (QED) is 0.794. The maximum Gasteiger partial charge on any atom is 0.233 e. The van der Waals surface area contributed by atoms with Crippen LogP contribution in [0.2, 0.25) is 0 Å². The number of hydrogen-bond acceptors (Lipinski definition) is 5. The Morgan fingerprint density at radius 3 is 2.32 bits per heavy atom. The van der Waals surface area contributed by atoms with Gasteiger partial charge in [-0.3, -0.25) is 14.5 Å². The average molecular weight is 342 g/mol. The molecule has 1 saturated carbocycles. The molecule has 3 rings (SSSR count). The van der Waals surface area contributed by atoms with Gasteiger partial charge in [-0.1, -0.05) is 25.0 Å². The summed E-state index contributed by atoms with van der Waals surface area (Å²) < 4.78 is 5.52. The van der Waals surface area contributed by atoms with E-state index in [1.165, 1.54) is 4.90 Å². The lowest BCUT2D eigenvalue weighted by Crippen LogP contribution is -2.40. The van der Waals surface area contributed by atoms with Crippen LogP contribution in [0.4, 0.5) is 0 Å². The van der Waals surface area contributed by atoms with E-state index >= 15 is 0 Å². The van der Waals surface area contributed by atoms with Gasteiger partial charge < -0.3 is 9.84 Å². The Bertz CT molecular complexity index is 656. The Labute approximate surface area is 147 Å². The highest BCUT2D eigenvalue weighted by molar-refractivity contribution is 6.05. The molecule has 1 aromatic rings. The number of amides is 2. The zero-order valence-electron chi connectivity index (χ0n) is 14.1. The fourth-order valence-electron chi connectivity index (χ4n) is 3.66. The minimum atomic E-state index is -0.924. The Kier molecular flexibility index (Phi) is 5.34. The number of likely N-dealkylation sites (tertiary alicyclic amines) is 1. The second-order valence-electron chi connectivity index (χ2n) is 6.73. The first kappa shape index (κ1) is 17.4. The molecular weight excluding hydrogens is 320 g/mol. The van der Waals surface area contributed by atoms with Gasteiger partial charge in [-0.15, -0.1) is 0 Å². The first-order valence-corrected chi connectivity index (χ1v) is 8.72. The van der Waals surface area contributed by atoms with Gasteiger partial charge in [0.05, 0.1) is 30.9 Å². The summed E-state index contributed by atoms with van der Waals surface area (Å²) in [6.45, 7) is -0.0127. The molecule has 0 aromatic heterocycles. The predicted molar refractivity (Wildman–Crippen MR) is 89.4 cm³/mol. The predicted octanol–water partition coefficient (Wildman–Crippen LogP) is 1.67. The lowest BCUT2D eigenvalue weighted by molar-refractivity contribution is -0.141. The molecule has 1 aromatic carbocycles. The molecular formula is C19H22N2O4. The fraction of sp³-hybridized carbons (Fsp3) is 0.526. The van der Waals surface area contributed by atoms with Crippen LogP contribution in [-0.4, -0.2) is 41.1 Å². The molecule has 25 heavy (non-hydrogen) atoms. The molecule has 3 atom stereocenters. The van der Waals surface area contributed by atoms with Crippen molar-refractivity contribution in [3.63, 3.8) is 0 Å². The third kappa shape index (κ3) is 3.83. The van der Waals surface area contributed by atoms with Crippen LogP contribution in [-0.2, 0) is 16.0 Å². The Balaban J connectivity index is 1.52. The molecule has 0 unspecified atom stereocenters. The first-order chi connectivity index (χ1) is 12.1. The van der Waals surface area contributed by atoms with Crippen LogP contribution in [0.25, 0.3) is 0 Å². The van der Waals surface area contributed by atoms with Crippen LogP contribution >= 0.6 is 0 Å².